The van der Waals surface area contributed by atoms with Crippen LogP contribution < -0.4 is 5.32 Å². The predicted octanol–water partition coefficient (Wildman–Crippen LogP) is 4.92. The van der Waals surface area contributed by atoms with Gasteiger partial charge in [-0.2, -0.15) is 0 Å². The van der Waals surface area contributed by atoms with Crippen LogP contribution in [0.15, 0.2) is 30.3 Å². The summed E-state index contributed by atoms with van der Waals surface area (Å²) >= 11 is 5.96. The fourth-order valence-corrected chi connectivity index (χ4v) is 2.30. The van der Waals surface area contributed by atoms with E-state index < -0.39 is 17.5 Å². The van der Waals surface area contributed by atoms with Crippen molar-refractivity contribution in [3.05, 3.63) is 58.4 Å². The summed E-state index contributed by atoms with van der Waals surface area (Å²) in [5, 5.41) is 3.69. The Labute approximate surface area is 126 Å². The van der Waals surface area contributed by atoms with Gasteiger partial charge >= 0.3 is 0 Å². The van der Waals surface area contributed by atoms with E-state index >= 15 is 0 Å². The number of rotatable bonds is 5. The minimum atomic E-state index is -1.46. The number of nitrogens with one attached hydrogen (secondary N) is 1. The number of halogens is 4. The van der Waals surface area contributed by atoms with Gasteiger partial charge in [0.05, 0.1) is 0 Å². The number of hydrogen-bond acceptors (Lipinski definition) is 1. The summed E-state index contributed by atoms with van der Waals surface area (Å²) < 4.78 is 40.4. The molecular weight excluding hydrogens is 299 g/mol. The van der Waals surface area contributed by atoms with Gasteiger partial charge < -0.3 is 5.32 Å². The van der Waals surface area contributed by atoms with E-state index in [2.05, 4.69) is 5.32 Å². The van der Waals surface area contributed by atoms with E-state index in [1.165, 1.54) is 6.07 Å². The first-order valence-corrected chi connectivity index (χ1v) is 7.05. The Kier molecular flexibility index (Phi) is 5.26. The van der Waals surface area contributed by atoms with E-state index in [0.29, 0.717) is 17.1 Å². The fraction of sp³-hybridized carbons (Fsp3) is 0.250. The molecule has 5 heteroatoms. The molecule has 0 aromatic heterocycles. The van der Waals surface area contributed by atoms with E-state index in [9.17, 15) is 13.2 Å². The molecule has 1 N–H and O–H groups in total. The van der Waals surface area contributed by atoms with Crippen molar-refractivity contribution in [3.63, 3.8) is 0 Å². The predicted molar refractivity (Wildman–Crippen MR) is 78.8 cm³/mol. The van der Waals surface area contributed by atoms with Crippen LogP contribution in [0.3, 0.4) is 0 Å². The van der Waals surface area contributed by atoms with Gasteiger partial charge in [0, 0.05) is 17.1 Å². The van der Waals surface area contributed by atoms with Crippen LogP contribution in [0.2, 0.25) is 5.02 Å². The van der Waals surface area contributed by atoms with E-state index in [1.807, 2.05) is 6.92 Å². The van der Waals surface area contributed by atoms with Crippen LogP contribution in [0, 0.1) is 17.5 Å². The van der Waals surface area contributed by atoms with Crippen molar-refractivity contribution in [2.75, 3.05) is 6.54 Å². The molecule has 0 spiro atoms. The molecule has 2 rings (SSSR count). The van der Waals surface area contributed by atoms with Crippen molar-refractivity contribution in [1.82, 2.24) is 5.32 Å². The normalized spacial score (nSPS) is 10.9. The fourth-order valence-electron chi connectivity index (χ4n) is 2.11. The van der Waals surface area contributed by atoms with Crippen molar-refractivity contribution in [1.29, 1.82) is 0 Å². The summed E-state index contributed by atoms with van der Waals surface area (Å²) in [6, 6.07) is 7.06. The van der Waals surface area contributed by atoms with Crippen molar-refractivity contribution in [2.24, 2.45) is 0 Å². The van der Waals surface area contributed by atoms with Gasteiger partial charge in [-0.25, -0.2) is 13.2 Å². The van der Waals surface area contributed by atoms with Gasteiger partial charge in [0.1, 0.15) is 0 Å². The molecule has 0 fully saturated rings. The lowest BCUT2D eigenvalue weighted by molar-refractivity contribution is 0.449. The van der Waals surface area contributed by atoms with Crippen LogP contribution >= 0.6 is 11.6 Å². The molecule has 0 heterocycles. The standard InChI is InChI=1S/C16H15ClF3N/c1-2-7-21-9-10-8-11(17)3-4-12(10)13-5-6-14(18)16(20)15(13)19/h3-6,8,21H,2,7,9H2,1H3. The van der Waals surface area contributed by atoms with E-state index in [1.54, 1.807) is 18.2 Å². The quantitative estimate of drug-likeness (QED) is 0.610. The molecule has 112 valence electrons. The third-order valence-electron chi connectivity index (χ3n) is 3.13. The highest BCUT2D eigenvalue weighted by atomic mass is 35.5. The molecule has 0 amide bonds. The van der Waals surface area contributed by atoms with Crippen molar-refractivity contribution < 1.29 is 13.2 Å². The van der Waals surface area contributed by atoms with Crippen LogP contribution in [-0.4, -0.2) is 6.54 Å². The van der Waals surface area contributed by atoms with E-state index in [-0.39, 0.29) is 5.56 Å². The topological polar surface area (TPSA) is 12.0 Å². The second-order valence-electron chi connectivity index (χ2n) is 4.70. The zero-order valence-electron chi connectivity index (χ0n) is 11.5. The first-order chi connectivity index (χ1) is 10.0. The number of hydrogen-bond donors (Lipinski definition) is 1. The second kappa shape index (κ2) is 6.96. The van der Waals surface area contributed by atoms with Gasteiger partial charge in [-0.05, 0) is 48.4 Å². The molecule has 1 nitrogen and oxygen atoms in total. The van der Waals surface area contributed by atoms with Gasteiger partial charge in [0.25, 0.3) is 0 Å². The summed E-state index contributed by atoms with van der Waals surface area (Å²) in [5.41, 5.74) is 1.26. The Balaban J connectivity index is 2.46. The highest BCUT2D eigenvalue weighted by Gasteiger charge is 2.17. The average molecular weight is 314 g/mol. The highest BCUT2D eigenvalue weighted by Crippen LogP contribution is 2.30. The smallest absolute Gasteiger partial charge is 0.195 e. The summed E-state index contributed by atoms with van der Waals surface area (Å²) in [6.07, 6.45) is 0.954. The summed E-state index contributed by atoms with van der Waals surface area (Å²) in [5.74, 6) is -3.85. The third-order valence-corrected chi connectivity index (χ3v) is 3.37. The first-order valence-electron chi connectivity index (χ1n) is 6.67. The largest absolute Gasteiger partial charge is 0.313 e. The van der Waals surface area contributed by atoms with Crippen LogP contribution in [0.4, 0.5) is 13.2 Å². The lowest BCUT2D eigenvalue weighted by Gasteiger charge is -2.12. The SMILES string of the molecule is CCCNCc1cc(Cl)ccc1-c1ccc(F)c(F)c1F. The van der Waals surface area contributed by atoms with Crippen LogP contribution in [-0.2, 0) is 6.54 Å². The Morgan fingerprint density at radius 2 is 1.71 bits per heavy atom. The highest BCUT2D eigenvalue weighted by molar-refractivity contribution is 6.30. The van der Waals surface area contributed by atoms with Gasteiger partial charge in [0.2, 0.25) is 0 Å². The van der Waals surface area contributed by atoms with Crippen LogP contribution in [0.1, 0.15) is 18.9 Å². The summed E-state index contributed by atoms with van der Waals surface area (Å²) in [6.45, 7) is 3.30. The van der Waals surface area contributed by atoms with Crippen molar-refractivity contribution in [2.45, 2.75) is 19.9 Å². The molecule has 0 saturated carbocycles. The van der Waals surface area contributed by atoms with Gasteiger partial charge in [0.15, 0.2) is 17.5 Å². The van der Waals surface area contributed by atoms with Gasteiger partial charge in [-0.15, -0.1) is 0 Å². The van der Waals surface area contributed by atoms with Gasteiger partial charge in [-0.3, -0.25) is 0 Å². The molecule has 0 radical (unpaired) electrons. The molecular formula is C16H15ClF3N. The maximum absolute atomic E-state index is 13.9. The monoisotopic (exact) mass is 313 g/mol. The molecule has 0 aliphatic carbocycles. The molecule has 0 unspecified atom stereocenters. The molecule has 21 heavy (non-hydrogen) atoms. The van der Waals surface area contributed by atoms with Crippen molar-refractivity contribution in [3.8, 4) is 11.1 Å². The average Bonchev–Trinajstić information content (AvgIpc) is 2.46. The lowest BCUT2D eigenvalue weighted by Crippen LogP contribution is -2.14. The lowest BCUT2D eigenvalue weighted by atomic mass is 9.98. The van der Waals surface area contributed by atoms with Gasteiger partial charge in [-0.1, -0.05) is 24.6 Å². The molecule has 0 atom stereocenters. The molecule has 2 aromatic rings. The third kappa shape index (κ3) is 3.57. The first kappa shape index (κ1) is 15.9. The Bertz CT molecular complexity index is 644. The maximum Gasteiger partial charge on any atom is 0.195 e. The maximum atomic E-state index is 13.9. The Morgan fingerprint density at radius 3 is 2.43 bits per heavy atom. The van der Waals surface area contributed by atoms with E-state index in [0.717, 1.165) is 24.6 Å². The van der Waals surface area contributed by atoms with Crippen molar-refractivity contribution >= 4 is 11.6 Å². The van der Waals surface area contributed by atoms with Crippen LogP contribution in [0.25, 0.3) is 11.1 Å². The van der Waals surface area contributed by atoms with E-state index in [4.69, 9.17) is 11.6 Å². The molecule has 0 aliphatic rings. The number of benzene rings is 2. The zero-order chi connectivity index (χ0) is 15.4. The zero-order valence-corrected chi connectivity index (χ0v) is 12.3. The minimum Gasteiger partial charge on any atom is -0.313 e. The second-order valence-corrected chi connectivity index (χ2v) is 5.14. The Hall–Kier alpha value is -1.52. The molecule has 0 aliphatic heterocycles. The Morgan fingerprint density at radius 1 is 1.00 bits per heavy atom. The molecule has 0 bridgehead atoms. The van der Waals surface area contributed by atoms with Crippen LogP contribution in [0.5, 0.6) is 0 Å². The molecule has 0 saturated heterocycles. The minimum absolute atomic E-state index is 0.0267. The summed E-state index contributed by atoms with van der Waals surface area (Å²) in [7, 11) is 0. The molecule has 2 aromatic carbocycles. The summed E-state index contributed by atoms with van der Waals surface area (Å²) in [4.78, 5) is 0.